The van der Waals surface area contributed by atoms with Crippen LogP contribution in [0, 0.1) is 0 Å². The van der Waals surface area contributed by atoms with Gasteiger partial charge < -0.3 is 4.74 Å². The number of rotatable bonds is 5. The first-order valence-electron chi connectivity index (χ1n) is 7.47. The van der Waals surface area contributed by atoms with Crippen LogP contribution in [0.3, 0.4) is 0 Å². The molecule has 0 aromatic heterocycles. The van der Waals surface area contributed by atoms with Crippen molar-refractivity contribution in [1.29, 1.82) is 0 Å². The van der Waals surface area contributed by atoms with E-state index in [0.717, 1.165) is 25.7 Å². The quantitative estimate of drug-likeness (QED) is 0.779. The van der Waals surface area contributed by atoms with Gasteiger partial charge in [0.1, 0.15) is 9.92 Å². The Kier molecular flexibility index (Phi) is 6.00. The molecule has 0 spiro atoms. The van der Waals surface area contributed by atoms with E-state index in [0.29, 0.717) is 6.54 Å². The molecule has 4 nitrogen and oxygen atoms in total. The summed E-state index contributed by atoms with van der Waals surface area (Å²) in [5.74, 6) is 0.114. The number of hydrogen-bond donors (Lipinski definition) is 0. The topological polar surface area (TPSA) is 46.6 Å². The maximum atomic E-state index is 13.1. The van der Waals surface area contributed by atoms with E-state index in [2.05, 4.69) is 0 Å². The summed E-state index contributed by atoms with van der Waals surface area (Å²) in [5, 5.41) is 0.406. The van der Waals surface area contributed by atoms with Gasteiger partial charge in [-0.1, -0.05) is 49.4 Å². The fourth-order valence-electron chi connectivity index (χ4n) is 3.03. The van der Waals surface area contributed by atoms with Crippen LogP contribution in [0.2, 0.25) is 10.0 Å². The summed E-state index contributed by atoms with van der Waals surface area (Å²) in [4.78, 5) is 0.0804. The largest absolute Gasteiger partial charge is 0.494 e. The van der Waals surface area contributed by atoms with Crippen LogP contribution in [0.15, 0.2) is 17.0 Å². The summed E-state index contributed by atoms with van der Waals surface area (Å²) in [7, 11) is -2.27. The average Bonchev–Trinajstić information content (AvgIpc) is 2.51. The fraction of sp³-hybridized carbons (Fsp3) is 0.600. The highest BCUT2D eigenvalue weighted by Crippen LogP contribution is 2.39. The fourth-order valence-corrected chi connectivity index (χ4v) is 5.33. The van der Waals surface area contributed by atoms with Crippen LogP contribution in [0.4, 0.5) is 0 Å². The first kappa shape index (κ1) is 17.9. The number of sulfonamides is 1. The molecule has 7 heteroatoms. The second-order valence-electron chi connectivity index (χ2n) is 5.39. The molecular formula is C15H21Cl2NO3S. The molecule has 2 rings (SSSR count). The molecule has 1 aliphatic carbocycles. The number of nitrogens with zero attached hydrogens (tertiary/aromatic N) is 1. The Morgan fingerprint density at radius 1 is 1.23 bits per heavy atom. The van der Waals surface area contributed by atoms with Crippen LogP contribution in [0.5, 0.6) is 5.75 Å². The molecule has 0 aliphatic heterocycles. The van der Waals surface area contributed by atoms with Crippen LogP contribution in [-0.2, 0) is 10.0 Å². The Morgan fingerprint density at radius 3 is 2.41 bits per heavy atom. The summed E-state index contributed by atoms with van der Waals surface area (Å²) in [6.07, 6.45) is 5.10. The Balaban J connectivity index is 2.46. The lowest BCUT2D eigenvalue weighted by Gasteiger charge is -2.33. The molecule has 1 saturated carbocycles. The number of methoxy groups -OCH3 is 1. The number of benzene rings is 1. The zero-order valence-corrected chi connectivity index (χ0v) is 15.1. The number of ether oxygens (including phenoxy) is 1. The third-order valence-corrected chi connectivity index (χ3v) is 6.94. The van der Waals surface area contributed by atoms with Gasteiger partial charge in [0.25, 0.3) is 0 Å². The molecule has 0 saturated heterocycles. The lowest BCUT2D eigenvalue weighted by Crippen LogP contribution is -2.41. The molecule has 22 heavy (non-hydrogen) atoms. The van der Waals surface area contributed by atoms with E-state index in [-0.39, 0.29) is 26.7 Å². The molecule has 0 heterocycles. The Bertz CT molecular complexity index is 628. The minimum absolute atomic E-state index is 0.0444. The van der Waals surface area contributed by atoms with Crippen molar-refractivity contribution in [1.82, 2.24) is 4.31 Å². The van der Waals surface area contributed by atoms with Crippen molar-refractivity contribution < 1.29 is 13.2 Å². The molecule has 1 aromatic rings. The Labute approximate surface area is 142 Å². The Hall–Kier alpha value is -0.490. The predicted molar refractivity (Wildman–Crippen MR) is 89.5 cm³/mol. The zero-order chi connectivity index (χ0) is 16.3. The van der Waals surface area contributed by atoms with E-state index >= 15 is 0 Å². The van der Waals surface area contributed by atoms with E-state index in [1.165, 1.54) is 25.7 Å². The van der Waals surface area contributed by atoms with E-state index in [1.807, 2.05) is 6.92 Å². The van der Waals surface area contributed by atoms with Gasteiger partial charge in [-0.25, -0.2) is 8.42 Å². The Morgan fingerprint density at radius 2 is 1.86 bits per heavy atom. The number of hydrogen-bond acceptors (Lipinski definition) is 3. The van der Waals surface area contributed by atoms with Gasteiger partial charge in [0.05, 0.1) is 12.1 Å². The van der Waals surface area contributed by atoms with Crippen molar-refractivity contribution in [2.45, 2.75) is 50.0 Å². The van der Waals surface area contributed by atoms with Crippen LogP contribution < -0.4 is 4.74 Å². The molecule has 0 radical (unpaired) electrons. The molecule has 0 amide bonds. The SMILES string of the molecule is CCN(C1CCCCC1)S(=O)(=O)c1ccc(Cl)c(Cl)c1OC. The second-order valence-corrected chi connectivity index (χ2v) is 8.04. The molecule has 1 aromatic carbocycles. The first-order chi connectivity index (χ1) is 10.4. The van der Waals surface area contributed by atoms with E-state index in [9.17, 15) is 8.42 Å². The molecule has 124 valence electrons. The molecule has 0 unspecified atom stereocenters. The second kappa shape index (κ2) is 7.39. The van der Waals surface area contributed by atoms with Gasteiger partial charge in [-0.15, -0.1) is 0 Å². The zero-order valence-electron chi connectivity index (χ0n) is 12.8. The van der Waals surface area contributed by atoms with E-state index in [4.69, 9.17) is 27.9 Å². The van der Waals surface area contributed by atoms with Crippen LogP contribution in [-0.4, -0.2) is 32.4 Å². The molecule has 1 aliphatic rings. The highest BCUT2D eigenvalue weighted by Gasteiger charge is 2.34. The van der Waals surface area contributed by atoms with Crippen molar-refractivity contribution in [3.05, 3.63) is 22.2 Å². The normalized spacial score (nSPS) is 17.0. The highest BCUT2D eigenvalue weighted by molar-refractivity contribution is 7.89. The van der Waals surface area contributed by atoms with E-state index < -0.39 is 10.0 Å². The van der Waals surface area contributed by atoms with Crippen molar-refractivity contribution in [2.24, 2.45) is 0 Å². The summed E-state index contributed by atoms with van der Waals surface area (Å²) < 4.78 is 32.9. The summed E-state index contributed by atoms with van der Waals surface area (Å²) in [6.45, 7) is 2.28. The molecule has 0 N–H and O–H groups in total. The lowest BCUT2D eigenvalue weighted by molar-refractivity contribution is 0.260. The molecular weight excluding hydrogens is 345 g/mol. The van der Waals surface area contributed by atoms with Crippen molar-refractivity contribution >= 4 is 33.2 Å². The van der Waals surface area contributed by atoms with Gasteiger partial charge in [0.15, 0.2) is 5.75 Å². The van der Waals surface area contributed by atoms with Gasteiger partial charge in [0.2, 0.25) is 10.0 Å². The molecule has 0 bridgehead atoms. The molecule has 0 atom stereocenters. The van der Waals surface area contributed by atoms with Crippen molar-refractivity contribution in [2.75, 3.05) is 13.7 Å². The maximum Gasteiger partial charge on any atom is 0.247 e. The van der Waals surface area contributed by atoms with Crippen molar-refractivity contribution in [3.8, 4) is 5.75 Å². The predicted octanol–water partition coefficient (Wildman–Crippen LogP) is 4.35. The van der Waals surface area contributed by atoms with Gasteiger partial charge in [0, 0.05) is 12.6 Å². The van der Waals surface area contributed by atoms with Gasteiger partial charge in [-0.2, -0.15) is 4.31 Å². The summed E-state index contributed by atoms with van der Waals surface area (Å²) in [6, 6.07) is 3.00. The van der Waals surface area contributed by atoms with Crippen LogP contribution in [0.1, 0.15) is 39.0 Å². The maximum absolute atomic E-state index is 13.1. The standard InChI is InChI=1S/C15H21Cl2NO3S/c1-3-18(11-7-5-4-6-8-11)22(19,20)13-10-9-12(16)14(17)15(13)21-2/h9-11H,3-8H2,1-2H3. The third-order valence-electron chi connectivity index (χ3n) is 4.10. The van der Waals surface area contributed by atoms with Crippen molar-refractivity contribution in [3.63, 3.8) is 0 Å². The van der Waals surface area contributed by atoms with E-state index in [1.54, 1.807) is 4.31 Å². The summed E-state index contributed by atoms with van der Waals surface area (Å²) in [5.41, 5.74) is 0. The summed E-state index contributed by atoms with van der Waals surface area (Å²) >= 11 is 12.1. The smallest absolute Gasteiger partial charge is 0.247 e. The minimum atomic E-state index is -3.67. The van der Waals surface area contributed by atoms with Crippen LogP contribution in [0.25, 0.3) is 0 Å². The van der Waals surface area contributed by atoms with Gasteiger partial charge in [-0.05, 0) is 25.0 Å². The minimum Gasteiger partial charge on any atom is -0.494 e. The van der Waals surface area contributed by atoms with Gasteiger partial charge in [-0.3, -0.25) is 0 Å². The third kappa shape index (κ3) is 3.37. The van der Waals surface area contributed by atoms with Crippen LogP contribution >= 0.6 is 23.2 Å². The highest BCUT2D eigenvalue weighted by atomic mass is 35.5. The number of halogens is 2. The first-order valence-corrected chi connectivity index (χ1v) is 9.67. The lowest BCUT2D eigenvalue weighted by atomic mass is 9.95. The average molecular weight is 366 g/mol. The molecule has 1 fully saturated rings. The van der Waals surface area contributed by atoms with Gasteiger partial charge >= 0.3 is 0 Å². The monoisotopic (exact) mass is 365 g/mol.